The first-order chi connectivity index (χ1) is 19.5. The molecule has 0 bridgehead atoms. The zero-order valence-electron chi connectivity index (χ0n) is 24.6. The van der Waals surface area contributed by atoms with Crippen molar-refractivity contribution in [3.05, 3.63) is 47.5 Å². The third kappa shape index (κ3) is 6.59. The van der Waals surface area contributed by atoms with Crippen LogP contribution in [0.4, 0.5) is 5.69 Å². The number of para-hydroxylation sites is 1. The van der Waals surface area contributed by atoms with Crippen molar-refractivity contribution >= 4 is 23.5 Å². The third-order valence-electron chi connectivity index (χ3n) is 7.48. The van der Waals surface area contributed by atoms with Crippen LogP contribution in [0.15, 0.2) is 36.4 Å². The van der Waals surface area contributed by atoms with Gasteiger partial charge in [0, 0.05) is 30.8 Å². The van der Waals surface area contributed by atoms with Crippen LogP contribution >= 0.6 is 0 Å². The molecule has 41 heavy (non-hydrogen) atoms. The number of anilines is 1. The van der Waals surface area contributed by atoms with Gasteiger partial charge in [-0.15, -0.1) is 0 Å². The van der Waals surface area contributed by atoms with Crippen LogP contribution in [-0.4, -0.2) is 74.9 Å². The predicted octanol–water partition coefficient (Wildman–Crippen LogP) is 4.29. The minimum absolute atomic E-state index is 0.116. The highest BCUT2D eigenvalue weighted by Crippen LogP contribution is 2.46. The van der Waals surface area contributed by atoms with Crippen LogP contribution in [0, 0.1) is 11.3 Å². The summed E-state index contributed by atoms with van der Waals surface area (Å²) < 4.78 is 23.5. The number of aliphatic carboxylic acids is 1. The summed E-state index contributed by atoms with van der Waals surface area (Å²) in [6.07, 6.45) is -1.04. The number of hydrogen-bond acceptors (Lipinski definition) is 7. The van der Waals surface area contributed by atoms with E-state index in [2.05, 4.69) is 0 Å². The molecule has 10 heteroatoms. The maximum atomic E-state index is 14.2. The minimum atomic E-state index is -1.13. The number of ether oxygens (including phenoxy) is 4. The summed E-state index contributed by atoms with van der Waals surface area (Å²) in [6, 6.07) is 10.9. The van der Waals surface area contributed by atoms with Crippen LogP contribution in [0.1, 0.15) is 57.3 Å². The Bertz CT molecular complexity index is 1290. The molecule has 2 heterocycles. The maximum absolute atomic E-state index is 14.2. The lowest BCUT2D eigenvalue weighted by Crippen LogP contribution is -2.47. The van der Waals surface area contributed by atoms with Gasteiger partial charge in [-0.3, -0.25) is 14.4 Å². The summed E-state index contributed by atoms with van der Waals surface area (Å²) in [5, 5.41) is 9.52. The largest absolute Gasteiger partial charge is 0.497 e. The molecule has 222 valence electrons. The first kappa shape index (κ1) is 30.2. The highest BCUT2D eigenvalue weighted by molar-refractivity contribution is 6.00. The average molecular weight is 569 g/mol. The lowest BCUT2D eigenvalue weighted by molar-refractivity contribution is -0.148. The Morgan fingerprint density at radius 3 is 2.44 bits per heavy atom. The molecule has 3 unspecified atom stereocenters. The van der Waals surface area contributed by atoms with Gasteiger partial charge < -0.3 is 33.9 Å². The molecule has 4 rings (SSSR count). The normalized spacial score (nSPS) is 21.1. The molecule has 3 atom stereocenters. The van der Waals surface area contributed by atoms with E-state index >= 15 is 0 Å². The van der Waals surface area contributed by atoms with Crippen LogP contribution in [-0.2, 0) is 19.1 Å². The first-order valence-corrected chi connectivity index (χ1v) is 13.8. The number of methoxy groups -OCH3 is 3. The highest BCUT2D eigenvalue weighted by atomic mass is 16.5. The Hall–Kier alpha value is -3.79. The molecular formula is C31H40N2O8. The van der Waals surface area contributed by atoms with Crippen molar-refractivity contribution in [3.8, 4) is 17.2 Å². The molecule has 0 saturated carbocycles. The Labute approximate surface area is 241 Å². The number of rotatable bonds is 8. The maximum Gasteiger partial charge on any atom is 0.308 e. The van der Waals surface area contributed by atoms with E-state index < -0.39 is 24.1 Å². The summed E-state index contributed by atoms with van der Waals surface area (Å²) in [6.45, 7) is 7.06. The summed E-state index contributed by atoms with van der Waals surface area (Å²) >= 11 is 0. The third-order valence-corrected chi connectivity index (χ3v) is 7.48. The van der Waals surface area contributed by atoms with E-state index in [1.54, 1.807) is 31.3 Å². The second-order valence-corrected chi connectivity index (χ2v) is 11.7. The van der Waals surface area contributed by atoms with Crippen LogP contribution in [0.25, 0.3) is 0 Å². The van der Waals surface area contributed by atoms with Gasteiger partial charge in [-0.2, -0.15) is 0 Å². The number of carbonyl (C=O) groups excluding carboxylic acids is 2. The number of amides is 2. The van der Waals surface area contributed by atoms with E-state index in [9.17, 15) is 19.5 Å². The zero-order valence-corrected chi connectivity index (χ0v) is 24.6. The van der Waals surface area contributed by atoms with E-state index in [1.807, 2.05) is 45.0 Å². The highest BCUT2D eigenvalue weighted by Gasteiger charge is 2.41. The van der Waals surface area contributed by atoms with Gasteiger partial charge in [0.05, 0.1) is 39.4 Å². The van der Waals surface area contributed by atoms with Crippen LogP contribution < -0.4 is 19.1 Å². The fraction of sp³-hybridized carbons (Fsp3) is 0.516. The molecule has 10 nitrogen and oxygen atoms in total. The van der Waals surface area contributed by atoms with Gasteiger partial charge >= 0.3 is 5.97 Å². The molecule has 1 fully saturated rings. The molecule has 2 aliphatic rings. The van der Waals surface area contributed by atoms with E-state index in [4.69, 9.17) is 18.9 Å². The molecule has 2 amide bonds. The van der Waals surface area contributed by atoms with E-state index in [1.165, 1.54) is 12.0 Å². The van der Waals surface area contributed by atoms with Crippen LogP contribution in [0.2, 0.25) is 0 Å². The van der Waals surface area contributed by atoms with Crippen molar-refractivity contribution in [2.75, 3.05) is 45.9 Å². The Morgan fingerprint density at radius 2 is 1.80 bits per heavy atom. The lowest BCUT2D eigenvalue weighted by Gasteiger charge is -2.33. The number of fused-ring (bicyclic) bond motifs is 1. The number of likely N-dealkylation sites (tertiary alicyclic amines) is 1. The number of piperidine rings is 1. The van der Waals surface area contributed by atoms with Crippen molar-refractivity contribution in [1.82, 2.24) is 4.90 Å². The number of carbonyl (C=O) groups is 3. The minimum Gasteiger partial charge on any atom is -0.497 e. The van der Waals surface area contributed by atoms with Gasteiger partial charge in [-0.05, 0) is 42.5 Å². The molecule has 2 aromatic carbocycles. The van der Waals surface area contributed by atoms with Crippen LogP contribution in [0.3, 0.4) is 0 Å². The molecule has 0 spiro atoms. The summed E-state index contributed by atoms with van der Waals surface area (Å²) in [4.78, 5) is 42.6. The second kappa shape index (κ2) is 12.4. The predicted molar refractivity (Wildman–Crippen MR) is 153 cm³/mol. The number of benzene rings is 2. The van der Waals surface area contributed by atoms with Gasteiger partial charge in [0.2, 0.25) is 5.91 Å². The number of carboxylic acid groups (broad SMARTS) is 1. The van der Waals surface area contributed by atoms with E-state index in [-0.39, 0.29) is 30.2 Å². The molecule has 1 saturated heterocycles. The molecule has 2 aliphatic heterocycles. The summed E-state index contributed by atoms with van der Waals surface area (Å²) in [5.41, 5.74) is 1.70. The van der Waals surface area contributed by atoms with Crippen molar-refractivity contribution < 1.29 is 38.4 Å². The fourth-order valence-corrected chi connectivity index (χ4v) is 5.53. The molecule has 0 radical (unpaired) electrons. The van der Waals surface area contributed by atoms with Gasteiger partial charge in [-0.25, -0.2) is 0 Å². The smallest absolute Gasteiger partial charge is 0.308 e. The molecule has 2 aromatic rings. The van der Waals surface area contributed by atoms with E-state index in [0.717, 1.165) is 0 Å². The fourth-order valence-electron chi connectivity index (χ4n) is 5.53. The quantitative estimate of drug-likeness (QED) is 0.502. The Balaban J connectivity index is 1.82. The number of hydrogen-bond donors (Lipinski definition) is 1. The Morgan fingerprint density at radius 1 is 1.05 bits per heavy atom. The molecule has 0 aromatic heterocycles. The topological polar surface area (TPSA) is 115 Å². The van der Waals surface area contributed by atoms with Gasteiger partial charge in [0.15, 0.2) is 11.5 Å². The first-order valence-electron chi connectivity index (χ1n) is 13.8. The lowest BCUT2D eigenvalue weighted by atomic mass is 9.93. The van der Waals surface area contributed by atoms with Gasteiger partial charge in [0.1, 0.15) is 18.0 Å². The zero-order chi connectivity index (χ0) is 29.9. The number of nitrogens with zero attached hydrogens (tertiary/aromatic N) is 2. The van der Waals surface area contributed by atoms with Gasteiger partial charge in [0.25, 0.3) is 5.91 Å². The van der Waals surface area contributed by atoms with Crippen molar-refractivity contribution in [2.45, 2.75) is 52.2 Å². The SMILES string of the molecule is COc1ccc2c(c1)C(c1cccc(OC)c1OC)OC(CC(=O)N1CCCC(C(=O)O)C1)C(=O)N2CC(C)(C)C. The summed E-state index contributed by atoms with van der Waals surface area (Å²) in [7, 11) is 4.66. The van der Waals surface area contributed by atoms with Crippen LogP contribution in [0.5, 0.6) is 17.2 Å². The van der Waals surface area contributed by atoms with Crippen molar-refractivity contribution in [3.63, 3.8) is 0 Å². The standard InChI is InChI=1S/C31H40N2O8/c1-31(2,3)18-33-23-13-12-20(38-4)15-22(23)27(21-10-7-11-24(39-5)28(21)40-6)41-25(29(33)35)16-26(34)32-14-8-9-19(17-32)30(36)37/h7,10-13,15,19,25,27H,8-9,14,16-18H2,1-6H3,(H,36,37). The Kier molecular flexibility index (Phi) is 9.11. The molecular weight excluding hydrogens is 528 g/mol. The van der Waals surface area contributed by atoms with Crippen molar-refractivity contribution in [2.24, 2.45) is 11.3 Å². The molecule has 0 aliphatic carbocycles. The monoisotopic (exact) mass is 568 g/mol. The second-order valence-electron chi connectivity index (χ2n) is 11.7. The van der Waals surface area contributed by atoms with Crippen molar-refractivity contribution in [1.29, 1.82) is 0 Å². The summed E-state index contributed by atoms with van der Waals surface area (Å²) in [5.74, 6) is -0.654. The molecule has 1 N–H and O–H groups in total. The van der Waals surface area contributed by atoms with Gasteiger partial charge in [-0.1, -0.05) is 32.9 Å². The average Bonchev–Trinajstić information content (AvgIpc) is 3.06. The number of carboxylic acids is 1. The van der Waals surface area contributed by atoms with E-state index in [0.29, 0.717) is 60.0 Å².